The number of thioether (sulfide) groups is 1. The fraction of sp³-hybridized carbons (Fsp3) is 0.211. The maximum Gasteiger partial charge on any atom is 0.211 e. The fourth-order valence-electron chi connectivity index (χ4n) is 2.83. The number of aliphatic hydroxyl groups excluding tert-OH is 1. The van der Waals surface area contributed by atoms with E-state index in [1.807, 2.05) is 55.3 Å². The van der Waals surface area contributed by atoms with Crippen LogP contribution in [0.3, 0.4) is 0 Å². The molecule has 0 radical (unpaired) electrons. The molecule has 0 amide bonds. The molecular formula is C19H19N5OS. The second kappa shape index (κ2) is 6.93. The Bertz CT molecular complexity index is 1050. The highest BCUT2D eigenvalue weighted by Gasteiger charge is 2.14. The molecule has 0 saturated heterocycles. The summed E-state index contributed by atoms with van der Waals surface area (Å²) in [5.41, 5.74) is 4.62. The van der Waals surface area contributed by atoms with Crippen molar-refractivity contribution in [1.82, 2.24) is 20.2 Å². The summed E-state index contributed by atoms with van der Waals surface area (Å²) in [5, 5.41) is 20.5. The van der Waals surface area contributed by atoms with E-state index in [4.69, 9.17) is 0 Å². The molecule has 2 aromatic carbocycles. The molecule has 0 aliphatic carbocycles. The quantitative estimate of drug-likeness (QED) is 0.417. The normalized spacial score (nSPS) is 12.6. The largest absolute Gasteiger partial charge is 0.373 e. The Hall–Kier alpha value is -2.64. The first-order valence-electron chi connectivity index (χ1n) is 8.33. The Morgan fingerprint density at radius 1 is 1.15 bits per heavy atom. The van der Waals surface area contributed by atoms with Crippen molar-refractivity contribution in [2.75, 3.05) is 17.7 Å². The Kier molecular flexibility index (Phi) is 4.48. The van der Waals surface area contributed by atoms with Crippen LogP contribution in [0.1, 0.15) is 5.56 Å². The molecule has 0 aliphatic rings. The number of aromatic nitrogens is 4. The van der Waals surface area contributed by atoms with Crippen molar-refractivity contribution in [3.05, 3.63) is 54.1 Å². The minimum atomic E-state index is -0.646. The molecule has 2 N–H and O–H groups in total. The van der Waals surface area contributed by atoms with E-state index in [0.717, 1.165) is 22.1 Å². The smallest absolute Gasteiger partial charge is 0.211 e. The molecule has 4 aromatic rings. The third-order valence-electron chi connectivity index (χ3n) is 4.32. The van der Waals surface area contributed by atoms with Crippen LogP contribution in [0.15, 0.2) is 53.7 Å². The van der Waals surface area contributed by atoms with Crippen molar-refractivity contribution in [1.29, 1.82) is 0 Å². The van der Waals surface area contributed by atoms with Crippen LogP contribution in [0, 0.1) is 6.92 Å². The molecule has 26 heavy (non-hydrogen) atoms. The van der Waals surface area contributed by atoms with Gasteiger partial charge in [0.15, 0.2) is 5.65 Å². The molecule has 6 nitrogen and oxygen atoms in total. The standard InChI is InChI=1S/C19H19N5OS/c1-12-8-9-15-14(10-12)17-18(20-15)21-19(23-22-17)26-11-16(25)24(2)13-6-4-3-5-7-13/h3-10,16,25H,11H2,1-2H3,(H,20,21,23). The van der Waals surface area contributed by atoms with Crippen molar-refractivity contribution in [2.24, 2.45) is 0 Å². The lowest BCUT2D eigenvalue weighted by atomic mass is 10.2. The van der Waals surface area contributed by atoms with Gasteiger partial charge in [0.2, 0.25) is 5.16 Å². The van der Waals surface area contributed by atoms with Gasteiger partial charge in [-0.1, -0.05) is 41.6 Å². The molecule has 0 spiro atoms. The van der Waals surface area contributed by atoms with Gasteiger partial charge in [-0.05, 0) is 31.2 Å². The zero-order valence-corrected chi connectivity index (χ0v) is 15.4. The maximum absolute atomic E-state index is 10.4. The summed E-state index contributed by atoms with van der Waals surface area (Å²) in [4.78, 5) is 9.66. The minimum Gasteiger partial charge on any atom is -0.373 e. The molecule has 0 fully saturated rings. The number of aliphatic hydroxyl groups is 1. The number of hydrogen-bond donors (Lipinski definition) is 2. The van der Waals surface area contributed by atoms with Crippen LogP contribution in [0.4, 0.5) is 5.69 Å². The van der Waals surface area contributed by atoms with Gasteiger partial charge in [0, 0.05) is 29.4 Å². The van der Waals surface area contributed by atoms with Gasteiger partial charge in [0.1, 0.15) is 11.7 Å². The first-order chi connectivity index (χ1) is 12.6. The molecular weight excluding hydrogens is 346 g/mol. The predicted molar refractivity (Wildman–Crippen MR) is 106 cm³/mol. The van der Waals surface area contributed by atoms with Crippen molar-refractivity contribution in [3.63, 3.8) is 0 Å². The fourth-order valence-corrected chi connectivity index (χ4v) is 3.60. The second-order valence-corrected chi connectivity index (χ2v) is 7.19. The minimum absolute atomic E-state index is 0.442. The number of fused-ring (bicyclic) bond motifs is 3. The zero-order chi connectivity index (χ0) is 18.1. The third-order valence-corrected chi connectivity index (χ3v) is 5.22. The van der Waals surface area contributed by atoms with E-state index in [1.165, 1.54) is 17.3 Å². The van der Waals surface area contributed by atoms with E-state index in [0.29, 0.717) is 16.6 Å². The zero-order valence-electron chi connectivity index (χ0n) is 14.5. The summed E-state index contributed by atoms with van der Waals surface area (Å²) in [7, 11) is 1.86. The lowest BCUT2D eigenvalue weighted by molar-refractivity contribution is 0.200. The number of H-pyrrole nitrogens is 1. The number of aromatic amines is 1. The molecule has 2 heterocycles. The van der Waals surface area contributed by atoms with E-state index in [2.05, 4.69) is 32.3 Å². The van der Waals surface area contributed by atoms with E-state index >= 15 is 0 Å². The maximum atomic E-state index is 10.4. The number of anilines is 1. The number of nitrogens with one attached hydrogen (secondary N) is 1. The monoisotopic (exact) mass is 365 g/mol. The van der Waals surface area contributed by atoms with Crippen LogP contribution in [0.25, 0.3) is 22.1 Å². The topological polar surface area (TPSA) is 77.9 Å². The number of rotatable bonds is 5. The van der Waals surface area contributed by atoms with Crippen LogP contribution in [0.2, 0.25) is 0 Å². The van der Waals surface area contributed by atoms with E-state index < -0.39 is 6.23 Å². The predicted octanol–water partition coefficient (Wildman–Crippen LogP) is 3.36. The van der Waals surface area contributed by atoms with Gasteiger partial charge in [-0.15, -0.1) is 10.2 Å². The Balaban J connectivity index is 1.51. The lowest BCUT2D eigenvalue weighted by Gasteiger charge is -2.25. The molecule has 1 atom stereocenters. The Morgan fingerprint density at radius 3 is 2.77 bits per heavy atom. The Labute approximate surface area is 155 Å². The average Bonchev–Trinajstić information content (AvgIpc) is 3.03. The molecule has 1 unspecified atom stereocenters. The van der Waals surface area contributed by atoms with Crippen molar-refractivity contribution < 1.29 is 5.11 Å². The van der Waals surface area contributed by atoms with Crippen LogP contribution in [-0.4, -0.2) is 44.3 Å². The molecule has 132 valence electrons. The van der Waals surface area contributed by atoms with Gasteiger partial charge in [0.25, 0.3) is 0 Å². The second-order valence-electron chi connectivity index (χ2n) is 6.20. The average molecular weight is 365 g/mol. The van der Waals surface area contributed by atoms with Gasteiger partial charge in [0.05, 0.1) is 0 Å². The number of hydrogen-bond acceptors (Lipinski definition) is 6. The van der Waals surface area contributed by atoms with Crippen LogP contribution >= 0.6 is 11.8 Å². The summed E-state index contributed by atoms with van der Waals surface area (Å²) >= 11 is 1.38. The highest BCUT2D eigenvalue weighted by Crippen LogP contribution is 2.25. The SMILES string of the molecule is Cc1ccc2[nH]c3nc(SCC(O)N(C)c4ccccc4)nnc3c2c1. The van der Waals surface area contributed by atoms with Crippen molar-refractivity contribution in [2.45, 2.75) is 18.3 Å². The van der Waals surface area contributed by atoms with E-state index in [1.54, 1.807) is 0 Å². The van der Waals surface area contributed by atoms with Crippen LogP contribution in [0.5, 0.6) is 0 Å². The number of aryl methyl sites for hydroxylation is 1. The summed E-state index contributed by atoms with van der Waals surface area (Å²) in [6.07, 6.45) is -0.646. The summed E-state index contributed by atoms with van der Waals surface area (Å²) in [6.45, 7) is 2.05. The number of para-hydroxylation sites is 1. The highest BCUT2D eigenvalue weighted by atomic mass is 32.2. The molecule has 0 aliphatic heterocycles. The number of benzene rings is 2. The highest BCUT2D eigenvalue weighted by molar-refractivity contribution is 7.99. The van der Waals surface area contributed by atoms with Gasteiger partial charge in [-0.2, -0.15) is 0 Å². The molecule has 0 saturated carbocycles. The van der Waals surface area contributed by atoms with Crippen molar-refractivity contribution in [3.8, 4) is 0 Å². The first kappa shape index (κ1) is 16.8. The molecule has 0 bridgehead atoms. The van der Waals surface area contributed by atoms with Gasteiger partial charge < -0.3 is 15.0 Å². The third kappa shape index (κ3) is 3.23. The van der Waals surface area contributed by atoms with Crippen LogP contribution in [-0.2, 0) is 0 Å². The van der Waals surface area contributed by atoms with E-state index in [-0.39, 0.29) is 0 Å². The summed E-state index contributed by atoms with van der Waals surface area (Å²) in [5.74, 6) is 0.442. The molecule has 2 aromatic heterocycles. The van der Waals surface area contributed by atoms with Gasteiger partial charge >= 0.3 is 0 Å². The first-order valence-corrected chi connectivity index (χ1v) is 9.32. The van der Waals surface area contributed by atoms with Gasteiger partial charge in [-0.25, -0.2) is 4.98 Å². The lowest BCUT2D eigenvalue weighted by Crippen LogP contribution is -2.33. The van der Waals surface area contributed by atoms with Crippen molar-refractivity contribution >= 4 is 39.5 Å². The van der Waals surface area contributed by atoms with Gasteiger partial charge in [-0.3, -0.25) is 0 Å². The van der Waals surface area contributed by atoms with Crippen LogP contribution < -0.4 is 4.90 Å². The number of nitrogens with zero attached hydrogens (tertiary/aromatic N) is 4. The molecule has 7 heteroatoms. The molecule has 4 rings (SSSR count). The summed E-state index contributed by atoms with van der Waals surface area (Å²) < 4.78 is 0. The summed E-state index contributed by atoms with van der Waals surface area (Å²) in [6, 6.07) is 15.9. The Morgan fingerprint density at radius 2 is 1.96 bits per heavy atom. The van der Waals surface area contributed by atoms with E-state index in [9.17, 15) is 5.11 Å².